The van der Waals surface area contributed by atoms with Crippen LogP contribution in [0.3, 0.4) is 0 Å². The topological polar surface area (TPSA) is 38.7 Å². The van der Waals surface area contributed by atoms with Crippen molar-refractivity contribution in [3.8, 4) is 11.5 Å². The van der Waals surface area contributed by atoms with E-state index in [2.05, 4.69) is 6.92 Å². The highest BCUT2D eigenvalue weighted by Gasteiger charge is 2.40. The second-order valence-corrected chi connectivity index (χ2v) is 4.90. The zero-order valence-electron chi connectivity index (χ0n) is 10.2. The Balaban J connectivity index is 2.36. The quantitative estimate of drug-likeness (QED) is 0.900. The largest absolute Gasteiger partial charge is 0.495 e. The molecule has 17 heavy (non-hydrogen) atoms. The zero-order chi connectivity index (χ0) is 12.6. The van der Waals surface area contributed by atoms with Gasteiger partial charge in [0.1, 0.15) is 16.5 Å². The van der Waals surface area contributed by atoms with Crippen LogP contribution in [0.5, 0.6) is 11.5 Å². The van der Waals surface area contributed by atoms with Crippen molar-refractivity contribution in [3.63, 3.8) is 0 Å². The molecule has 1 aliphatic rings. The van der Waals surface area contributed by atoms with Gasteiger partial charge in [-0.2, -0.15) is 0 Å². The van der Waals surface area contributed by atoms with Gasteiger partial charge in [-0.3, -0.25) is 0 Å². The molecular formula is C13H17ClO3. The second kappa shape index (κ2) is 4.75. The molecule has 0 aliphatic heterocycles. The van der Waals surface area contributed by atoms with Crippen molar-refractivity contribution < 1.29 is 14.6 Å². The third kappa shape index (κ3) is 2.22. The molecule has 0 spiro atoms. The third-order valence-electron chi connectivity index (χ3n) is 3.41. The Morgan fingerprint density at radius 2 is 2.00 bits per heavy atom. The van der Waals surface area contributed by atoms with Gasteiger partial charge in [-0.1, -0.05) is 18.5 Å². The molecular weight excluding hydrogens is 240 g/mol. The van der Waals surface area contributed by atoms with Gasteiger partial charge in [-0.15, -0.1) is 0 Å². The van der Waals surface area contributed by atoms with E-state index in [1.54, 1.807) is 20.3 Å². The summed E-state index contributed by atoms with van der Waals surface area (Å²) >= 11 is 6.16. The van der Waals surface area contributed by atoms with Gasteiger partial charge >= 0.3 is 0 Å². The summed E-state index contributed by atoms with van der Waals surface area (Å²) in [6, 6.07) is 3.58. The zero-order valence-corrected chi connectivity index (χ0v) is 11.0. The molecule has 1 aliphatic carbocycles. The molecule has 0 saturated heterocycles. The van der Waals surface area contributed by atoms with Crippen molar-refractivity contribution in [3.05, 3.63) is 22.7 Å². The minimum Gasteiger partial charge on any atom is -0.495 e. The molecule has 3 nitrogen and oxygen atoms in total. The third-order valence-corrected chi connectivity index (χ3v) is 3.77. The molecule has 0 bridgehead atoms. The maximum absolute atomic E-state index is 10.3. The molecule has 0 aromatic heterocycles. The first-order chi connectivity index (χ1) is 8.10. The minimum absolute atomic E-state index is 0.313. The van der Waals surface area contributed by atoms with Gasteiger partial charge in [0.05, 0.1) is 20.3 Å². The highest BCUT2D eigenvalue weighted by atomic mass is 35.5. The normalized spacial score (nSPS) is 24.3. The number of halogens is 1. The average Bonchev–Trinajstić information content (AvgIpc) is 3.05. The van der Waals surface area contributed by atoms with Gasteiger partial charge < -0.3 is 14.6 Å². The highest BCUT2D eigenvalue weighted by Crippen LogP contribution is 2.50. The lowest BCUT2D eigenvalue weighted by Crippen LogP contribution is -2.04. The Morgan fingerprint density at radius 1 is 1.35 bits per heavy atom. The summed E-state index contributed by atoms with van der Waals surface area (Å²) in [7, 11) is 3.10. The molecule has 4 heteroatoms. The van der Waals surface area contributed by atoms with Crippen molar-refractivity contribution in [1.82, 2.24) is 0 Å². The van der Waals surface area contributed by atoms with Crippen LogP contribution in [-0.2, 0) is 0 Å². The summed E-state index contributed by atoms with van der Waals surface area (Å²) in [4.78, 5) is 0. The van der Waals surface area contributed by atoms with Crippen molar-refractivity contribution in [1.29, 1.82) is 0 Å². The van der Waals surface area contributed by atoms with Crippen LogP contribution in [0.1, 0.15) is 25.0 Å². The van der Waals surface area contributed by atoms with Crippen LogP contribution in [-0.4, -0.2) is 19.3 Å². The van der Waals surface area contributed by atoms with Gasteiger partial charge in [0.2, 0.25) is 0 Å². The van der Waals surface area contributed by atoms with Crippen LogP contribution in [0.2, 0.25) is 5.02 Å². The average molecular weight is 257 g/mol. The van der Waals surface area contributed by atoms with E-state index >= 15 is 0 Å². The lowest BCUT2D eigenvalue weighted by Gasteiger charge is -2.17. The number of hydrogen-bond acceptors (Lipinski definition) is 3. The monoisotopic (exact) mass is 256 g/mol. The van der Waals surface area contributed by atoms with E-state index in [9.17, 15) is 5.11 Å². The lowest BCUT2D eigenvalue weighted by atomic mass is 10.0. The smallest absolute Gasteiger partial charge is 0.147 e. The second-order valence-electron chi connectivity index (χ2n) is 4.53. The lowest BCUT2D eigenvalue weighted by molar-refractivity contribution is 0.144. The maximum atomic E-state index is 10.3. The molecule has 1 aromatic rings. The van der Waals surface area contributed by atoms with E-state index < -0.39 is 6.10 Å². The fourth-order valence-corrected chi connectivity index (χ4v) is 2.50. The summed E-state index contributed by atoms with van der Waals surface area (Å²) in [6.07, 6.45) is 0.539. The van der Waals surface area contributed by atoms with Crippen LogP contribution in [0.4, 0.5) is 0 Å². The maximum Gasteiger partial charge on any atom is 0.147 e. The van der Waals surface area contributed by atoms with Crippen molar-refractivity contribution in [2.45, 2.75) is 19.4 Å². The van der Waals surface area contributed by atoms with Gasteiger partial charge in [0.15, 0.2) is 0 Å². The van der Waals surface area contributed by atoms with Crippen LogP contribution >= 0.6 is 11.6 Å². The first kappa shape index (κ1) is 12.5. The number of hydrogen-bond donors (Lipinski definition) is 1. The summed E-state index contributed by atoms with van der Waals surface area (Å²) in [5.41, 5.74) is 0.743. The molecule has 2 rings (SSSR count). The molecule has 94 valence electrons. The number of benzene rings is 1. The summed E-state index contributed by atoms with van der Waals surface area (Å²) in [5, 5.41) is 10.7. The Hall–Kier alpha value is -0.930. The van der Waals surface area contributed by atoms with Gasteiger partial charge in [0.25, 0.3) is 0 Å². The van der Waals surface area contributed by atoms with E-state index in [0.29, 0.717) is 28.4 Å². The number of methoxy groups -OCH3 is 2. The van der Waals surface area contributed by atoms with E-state index in [0.717, 1.165) is 12.0 Å². The summed E-state index contributed by atoms with van der Waals surface area (Å²) in [6.45, 7) is 2.13. The molecule has 1 aromatic carbocycles. The molecule has 1 fully saturated rings. The summed E-state index contributed by atoms with van der Waals surface area (Å²) in [5.74, 6) is 1.95. The fourth-order valence-electron chi connectivity index (χ4n) is 2.17. The number of rotatable bonds is 4. The van der Waals surface area contributed by atoms with Gasteiger partial charge in [-0.25, -0.2) is 0 Å². The van der Waals surface area contributed by atoms with Crippen molar-refractivity contribution >= 4 is 11.6 Å². The van der Waals surface area contributed by atoms with E-state index in [-0.39, 0.29) is 0 Å². The molecule has 1 N–H and O–H groups in total. The molecule has 1 saturated carbocycles. The van der Waals surface area contributed by atoms with Gasteiger partial charge in [-0.05, 0) is 30.4 Å². The Labute approximate surface area is 106 Å². The summed E-state index contributed by atoms with van der Waals surface area (Å²) < 4.78 is 10.4. The number of aliphatic hydroxyl groups excluding tert-OH is 1. The number of aliphatic hydroxyl groups is 1. The minimum atomic E-state index is -0.511. The van der Waals surface area contributed by atoms with Crippen LogP contribution < -0.4 is 9.47 Å². The first-order valence-corrected chi connectivity index (χ1v) is 6.06. The number of ether oxygens (including phenoxy) is 2. The Morgan fingerprint density at radius 3 is 2.47 bits per heavy atom. The van der Waals surface area contributed by atoms with Crippen molar-refractivity contribution in [2.75, 3.05) is 14.2 Å². The van der Waals surface area contributed by atoms with E-state index in [1.807, 2.05) is 6.07 Å². The molecule has 0 radical (unpaired) electrons. The highest BCUT2D eigenvalue weighted by molar-refractivity contribution is 6.33. The SMILES string of the molecule is COc1ccc(C(O)C2CC2C)c(OC)c1Cl. The van der Waals surface area contributed by atoms with E-state index in [4.69, 9.17) is 21.1 Å². The first-order valence-electron chi connectivity index (χ1n) is 5.68. The van der Waals surface area contributed by atoms with Crippen molar-refractivity contribution in [2.24, 2.45) is 11.8 Å². The molecule has 3 atom stereocenters. The van der Waals surface area contributed by atoms with Crippen LogP contribution in [0.15, 0.2) is 12.1 Å². The van der Waals surface area contributed by atoms with Crippen LogP contribution in [0.25, 0.3) is 0 Å². The molecule has 0 amide bonds. The molecule has 3 unspecified atom stereocenters. The Bertz CT molecular complexity index is 419. The van der Waals surface area contributed by atoms with Crippen LogP contribution in [0, 0.1) is 11.8 Å². The van der Waals surface area contributed by atoms with E-state index in [1.165, 1.54) is 0 Å². The Kier molecular flexibility index (Phi) is 3.50. The predicted octanol–water partition coefficient (Wildman–Crippen LogP) is 3.05. The van der Waals surface area contributed by atoms with Gasteiger partial charge in [0, 0.05) is 5.56 Å². The predicted molar refractivity (Wildman–Crippen MR) is 66.8 cm³/mol. The fraction of sp³-hybridized carbons (Fsp3) is 0.538. The molecule has 0 heterocycles. The standard InChI is InChI=1S/C13H17ClO3/c1-7-6-9(7)12(15)8-4-5-10(16-2)11(14)13(8)17-3/h4-5,7,9,12,15H,6H2,1-3H3.